The van der Waals surface area contributed by atoms with Crippen LogP contribution in [0.3, 0.4) is 0 Å². The number of nitrogens with zero attached hydrogens (tertiary/aromatic N) is 1. The molecule has 0 aromatic heterocycles. The van der Waals surface area contributed by atoms with Crippen molar-refractivity contribution in [2.75, 3.05) is 13.7 Å². The summed E-state index contributed by atoms with van der Waals surface area (Å²) >= 11 is 0. The van der Waals surface area contributed by atoms with Gasteiger partial charge in [0.1, 0.15) is 16.6 Å². The number of ether oxygens (including phenoxy) is 2. The molecule has 2 bridgehead atoms. The number of sulfonamides is 1. The highest BCUT2D eigenvalue weighted by molar-refractivity contribution is 7.90. The van der Waals surface area contributed by atoms with Gasteiger partial charge >= 0.3 is 0 Å². The monoisotopic (exact) mass is 307 g/mol. The number of rotatable bonds is 3. The first-order chi connectivity index (χ1) is 10.0. The summed E-state index contributed by atoms with van der Waals surface area (Å²) in [6.07, 6.45) is 4.48. The summed E-state index contributed by atoms with van der Waals surface area (Å²) in [5.74, 6) is 0.736. The molecule has 1 aromatic rings. The smallest absolute Gasteiger partial charge is 0.220 e. The molecule has 0 saturated carbocycles. The number of hydrogen-bond acceptors (Lipinski definition) is 4. The predicted molar refractivity (Wildman–Crippen MR) is 77.5 cm³/mol. The first-order valence-electron chi connectivity index (χ1n) is 7.03. The van der Waals surface area contributed by atoms with E-state index in [2.05, 4.69) is 0 Å². The van der Waals surface area contributed by atoms with E-state index < -0.39 is 20.9 Å². The first kappa shape index (κ1) is 13.3. The second-order valence-electron chi connectivity index (χ2n) is 5.86. The molecule has 21 heavy (non-hydrogen) atoms. The molecule has 2 saturated heterocycles. The fourth-order valence-electron chi connectivity index (χ4n) is 3.58. The third-order valence-electron chi connectivity index (χ3n) is 4.59. The zero-order valence-electron chi connectivity index (χ0n) is 11.7. The van der Waals surface area contributed by atoms with Gasteiger partial charge in [-0.1, -0.05) is 24.3 Å². The van der Waals surface area contributed by atoms with Crippen molar-refractivity contribution in [2.45, 2.75) is 29.9 Å². The van der Waals surface area contributed by atoms with Gasteiger partial charge < -0.3 is 9.47 Å². The molecule has 1 aromatic carbocycles. The first-order valence-corrected chi connectivity index (χ1v) is 8.53. The Morgan fingerprint density at radius 1 is 1.48 bits per heavy atom. The average Bonchev–Trinajstić information content (AvgIpc) is 3.09. The lowest BCUT2D eigenvalue weighted by Crippen LogP contribution is -2.36. The number of benzene rings is 1. The van der Waals surface area contributed by atoms with E-state index in [0.29, 0.717) is 19.5 Å². The molecule has 0 N–H and O–H groups in total. The average molecular weight is 307 g/mol. The van der Waals surface area contributed by atoms with Crippen LogP contribution in [0.25, 0.3) is 0 Å². The Morgan fingerprint density at radius 3 is 3.05 bits per heavy atom. The summed E-state index contributed by atoms with van der Waals surface area (Å²) in [6, 6.07) is 7.51. The molecule has 0 unspecified atom stereocenters. The molecule has 112 valence electrons. The molecular weight excluding hydrogens is 290 g/mol. The van der Waals surface area contributed by atoms with Gasteiger partial charge in [0, 0.05) is 13.1 Å². The lowest BCUT2D eigenvalue weighted by Gasteiger charge is -2.19. The molecule has 1 spiro atoms. The summed E-state index contributed by atoms with van der Waals surface area (Å²) in [4.78, 5) is 0. The Hall–Kier alpha value is -1.37. The van der Waals surface area contributed by atoms with Gasteiger partial charge in [-0.15, -0.1) is 0 Å². The van der Waals surface area contributed by atoms with Crippen LogP contribution < -0.4 is 4.74 Å². The maximum absolute atomic E-state index is 12.7. The van der Waals surface area contributed by atoms with E-state index >= 15 is 0 Å². The zero-order valence-corrected chi connectivity index (χ0v) is 12.5. The van der Waals surface area contributed by atoms with Crippen molar-refractivity contribution < 1.29 is 17.9 Å². The molecule has 0 aliphatic carbocycles. The molecule has 4 rings (SSSR count). The minimum absolute atomic E-state index is 0.0243. The van der Waals surface area contributed by atoms with Crippen molar-refractivity contribution in [1.29, 1.82) is 0 Å². The summed E-state index contributed by atoms with van der Waals surface area (Å²) in [6.45, 7) is 0.768. The number of methoxy groups -OCH3 is 1. The van der Waals surface area contributed by atoms with Gasteiger partial charge in [-0.25, -0.2) is 8.42 Å². The van der Waals surface area contributed by atoms with E-state index in [9.17, 15) is 8.42 Å². The van der Waals surface area contributed by atoms with Gasteiger partial charge in [0.15, 0.2) is 0 Å². The SMILES string of the molecule is COc1cccc(CN2C[C@]34C=C[C@@H](C[C@@H]3S2(=O)=O)O4)c1. The van der Waals surface area contributed by atoms with Gasteiger partial charge in [-0.3, -0.25) is 0 Å². The summed E-state index contributed by atoms with van der Waals surface area (Å²) < 4.78 is 38.0. The van der Waals surface area contributed by atoms with Crippen LogP contribution in [-0.2, 0) is 21.3 Å². The van der Waals surface area contributed by atoms with Crippen LogP contribution in [0.4, 0.5) is 0 Å². The molecule has 2 fully saturated rings. The molecule has 6 heteroatoms. The highest BCUT2D eigenvalue weighted by atomic mass is 32.2. The van der Waals surface area contributed by atoms with Crippen LogP contribution in [0.5, 0.6) is 5.75 Å². The Kier molecular flexibility index (Phi) is 2.73. The second-order valence-corrected chi connectivity index (χ2v) is 7.97. The molecule has 0 radical (unpaired) electrons. The number of hydrogen-bond donors (Lipinski definition) is 0. The Labute approximate surface area is 124 Å². The van der Waals surface area contributed by atoms with E-state index in [4.69, 9.17) is 9.47 Å². The molecule has 5 nitrogen and oxygen atoms in total. The fourth-order valence-corrected chi connectivity index (χ4v) is 5.80. The minimum Gasteiger partial charge on any atom is -0.497 e. The van der Waals surface area contributed by atoms with Crippen molar-refractivity contribution in [1.82, 2.24) is 4.31 Å². The van der Waals surface area contributed by atoms with Crippen LogP contribution in [0, 0.1) is 0 Å². The normalized spacial score (nSPS) is 36.0. The molecule has 3 aliphatic heterocycles. The van der Waals surface area contributed by atoms with Gasteiger partial charge in [-0.2, -0.15) is 4.31 Å². The molecule has 0 amide bonds. The van der Waals surface area contributed by atoms with E-state index in [1.165, 1.54) is 0 Å². The maximum Gasteiger partial charge on any atom is 0.220 e. The molecule has 3 aliphatic rings. The standard InChI is InChI=1S/C15H17NO4S/c1-19-12-4-2-3-11(7-12)9-16-10-15-6-5-13(20-15)8-14(15)21(16,17)18/h2-7,13-14H,8-10H2,1H3/t13-,14-,15+/m0/s1. The Bertz CT molecular complexity index is 714. The summed E-state index contributed by atoms with van der Waals surface area (Å²) in [7, 11) is -1.70. The molecule has 3 atom stereocenters. The van der Waals surface area contributed by atoms with Gasteiger partial charge in [0.05, 0.1) is 13.2 Å². The minimum atomic E-state index is -3.31. The van der Waals surface area contributed by atoms with Gasteiger partial charge in [0.2, 0.25) is 10.0 Å². The van der Waals surface area contributed by atoms with Crippen molar-refractivity contribution in [2.24, 2.45) is 0 Å². The van der Waals surface area contributed by atoms with E-state index in [1.54, 1.807) is 11.4 Å². The number of fused-ring (bicyclic) bond motifs is 1. The van der Waals surface area contributed by atoms with Crippen molar-refractivity contribution in [3.63, 3.8) is 0 Å². The zero-order chi connectivity index (χ0) is 14.7. The maximum atomic E-state index is 12.7. The highest BCUT2D eigenvalue weighted by Crippen LogP contribution is 2.48. The quantitative estimate of drug-likeness (QED) is 0.790. The third-order valence-corrected chi connectivity index (χ3v) is 6.88. The van der Waals surface area contributed by atoms with Gasteiger partial charge in [0.25, 0.3) is 0 Å². The van der Waals surface area contributed by atoms with Crippen LogP contribution in [0.1, 0.15) is 12.0 Å². The molecule has 3 heterocycles. The lowest BCUT2D eigenvalue weighted by molar-refractivity contribution is 0.0298. The van der Waals surface area contributed by atoms with E-state index in [-0.39, 0.29) is 6.10 Å². The van der Waals surface area contributed by atoms with Crippen LogP contribution in [-0.4, -0.2) is 43.3 Å². The molecular formula is C15H17NO4S. The van der Waals surface area contributed by atoms with Gasteiger partial charge in [-0.05, 0) is 24.1 Å². The van der Waals surface area contributed by atoms with Crippen LogP contribution >= 0.6 is 0 Å². The predicted octanol–water partition coefficient (Wildman–Crippen LogP) is 1.31. The highest BCUT2D eigenvalue weighted by Gasteiger charge is 2.63. The third kappa shape index (κ3) is 1.86. The van der Waals surface area contributed by atoms with Crippen molar-refractivity contribution in [3.05, 3.63) is 42.0 Å². The van der Waals surface area contributed by atoms with Crippen molar-refractivity contribution >= 4 is 10.0 Å². The van der Waals surface area contributed by atoms with Crippen molar-refractivity contribution in [3.8, 4) is 5.75 Å². The fraction of sp³-hybridized carbons (Fsp3) is 0.467. The van der Waals surface area contributed by atoms with E-state index in [0.717, 1.165) is 11.3 Å². The summed E-state index contributed by atoms with van der Waals surface area (Å²) in [5, 5.41) is -0.425. The Morgan fingerprint density at radius 2 is 2.33 bits per heavy atom. The second kappa shape index (κ2) is 4.32. The largest absolute Gasteiger partial charge is 0.497 e. The Balaban J connectivity index is 1.63. The summed E-state index contributed by atoms with van der Waals surface area (Å²) in [5.41, 5.74) is 0.301. The van der Waals surface area contributed by atoms with E-state index in [1.807, 2.05) is 36.4 Å². The lowest BCUT2D eigenvalue weighted by atomic mass is 9.94. The van der Waals surface area contributed by atoms with Crippen LogP contribution in [0.15, 0.2) is 36.4 Å². The topological polar surface area (TPSA) is 55.8 Å². The van der Waals surface area contributed by atoms with Crippen LogP contribution in [0.2, 0.25) is 0 Å².